The zero-order valence-electron chi connectivity index (χ0n) is 20.2. The second-order valence-electron chi connectivity index (χ2n) is 8.14. The molecule has 2 N–H and O–H groups in total. The number of hydrogen-bond acceptors (Lipinski definition) is 6. The first kappa shape index (κ1) is 25.2. The molecule has 0 unspecified atom stereocenters. The van der Waals surface area contributed by atoms with Gasteiger partial charge in [-0.15, -0.1) is 0 Å². The summed E-state index contributed by atoms with van der Waals surface area (Å²) in [7, 11) is -2.14. The molecule has 0 aliphatic carbocycles. The van der Waals surface area contributed by atoms with Gasteiger partial charge in [-0.2, -0.15) is 5.10 Å². The number of aromatic nitrogens is 3. The van der Waals surface area contributed by atoms with E-state index in [9.17, 15) is 18.3 Å². The quantitative estimate of drug-likeness (QED) is 0.450. The highest BCUT2D eigenvalue weighted by Crippen LogP contribution is 2.27. The fourth-order valence-corrected chi connectivity index (χ4v) is 4.90. The smallest absolute Gasteiger partial charge is 0.337 e. The SMILES string of the molecule is CCc1ccc(S(=O)(=O)Nc2cc(C(=O)O)cnc2N(C)CCc2c(C)nn(CC)c2C)cc1. The van der Waals surface area contributed by atoms with Crippen LogP contribution in [0, 0.1) is 13.8 Å². The van der Waals surface area contributed by atoms with E-state index in [0.29, 0.717) is 18.8 Å². The summed E-state index contributed by atoms with van der Waals surface area (Å²) in [4.78, 5) is 17.7. The standard InChI is InChI=1S/C24H31N5O4S/c1-6-18-8-10-20(11-9-18)34(32,33)27-22-14-19(24(30)31)15-25-23(22)28(5)13-12-21-16(3)26-29(7-2)17(21)4/h8-11,14-15,27H,6-7,12-13H2,1-5H3,(H,30,31). The maximum atomic E-state index is 13.0. The highest BCUT2D eigenvalue weighted by atomic mass is 32.2. The molecule has 3 rings (SSSR count). The van der Waals surface area contributed by atoms with E-state index in [1.165, 1.54) is 24.4 Å². The van der Waals surface area contributed by atoms with Gasteiger partial charge in [0, 0.05) is 32.0 Å². The number of nitrogens with one attached hydrogen (secondary N) is 1. The first-order valence-electron chi connectivity index (χ1n) is 11.2. The molecule has 3 aromatic rings. The van der Waals surface area contributed by atoms with Crippen molar-refractivity contribution < 1.29 is 18.3 Å². The van der Waals surface area contributed by atoms with Crippen LogP contribution in [0.4, 0.5) is 11.5 Å². The number of rotatable bonds is 10. The van der Waals surface area contributed by atoms with Crippen molar-refractivity contribution >= 4 is 27.5 Å². The summed E-state index contributed by atoms with van der Waals surface area (Å²) in [6, 6.07) is 7.89. The number of carboxylic acid groups (broad SMARTS) is 1. The summed E-state index contributed by atoms with van der Waals surface area (Å²) in [5, 5.41) is 14.0. The molecule has 0 amide bonds. The molecule has 0 saturated carbocycles. The van der Waals surface area contributed by atoms with Gasteiger partial charge >= 0.3 is 5.97 Å². The first-order chi connectivity index (χ1) is 16.1. The van der Waals surface area contributed by atoms with Crippen LogP contribution in [-0.2, 0) is 29.4 Å². The number of aromatic carboxylic acids is 1. The lowest BCUT2D eigenvalue weighted by Gasteiger charge is -2.22. The molecule has 0 aliphatic heterocycles. The van der Waals surface area contributed by atoms with Crippen molar-refractivity contribution in [1.29, 1.82) is 0 Å². The van der Waals surface area contributed by atoms with Gasteiger partial charge in [-0.1, -0.05) is 19.1 Å². The molecule has 182 valence electrons. The fourth-order valence-electron chi connectivity index (χ4n) is 3.85. The number of pyridine rings is 1. The van der Waals surface area contributed by atoms with Crippen molar-refractivity contribution in [2.24, 2.45) is 0 Å². The van der Waals surface area contributed by atoms with E-state index in [4.69, 9.17) is 0 Å². The summed E-state index contributed by atoms with van der Waals surface area (Å²) < 4.78 is 30.6. The van der Waals surface area contributed by atoms with Crippen molar-refractivity contribution in [3.8, 4) is 0 Å². The van der Waals surface area contributed by atoms with E-state index in [0.717, 1.165) is 35.5 Å². The van der Waals surface area contributed by atoms with Crippen LogP contribution >= 0.6 is 0 Å². The van der Waals surface area contributed by atoms with E-state index >= 15 is 0 Å². The normalized spacial score (nSPS) is 11.4. The van der Waals surface area contributed by atoms with Crippen molar-refractivity contribution in [3.63, 3.8) is 0 Å². The Kier molecular flexibility index (Phi) is 7.61. The van der Waals surface area contributed by atoms with Gasteiger partial charge in [0.1, 0.15) is 0 Å². The van der Waals surface area contributed by atoms with Crippen molar-refractivity contribution in [1.82, 2.24) is 14.8 Å². The third-order valence-corrected chi connectivity index (χ3v) is 7.27. The fraction of sp³-hybridized carbons (Fsp3) is 0.375. The van der Waals surface area contributed by atoms with Gasteiger partial charge in [0.15, 0.2) is 5.82 Å². The minimum Gasteiger partial charge on any atom is -0.478 e. The Hall–Kier alpha value is -3.40. The van der Waals surface area contributed by atoms with Crippen LogP contribution in [0.5, 0.6) is 0 Å². The van der Waals surface area contributed by atoms with Gasteiger partial charge in [-0.3, -0.25) is 9.40 Å². The topological polar surface area (TPSA) is 117 Å². The molecular formula is C24H31N5O4S. The lowest BCUT2D eigenvalue weighted by atomic mass is 10.1. The third kappa shape index (κ3) is 5.39. The van der Waals surface area contributed by atoms with Crippen LogP contribution < -0.4 is 9.62 Å². The Bertz CT molecular complexity index is 1280. The number of hydrogen-bond donors (Lipinski definition) is 2. The maximum Gasteiger partial charge on any atom is 0.337 e. The summed E-state index contributed by atoms with van der Waals surface area (Å²) in [5.41, 5.74) is 4.21. The highest BCUT2D eigenvalue weighted by Gasteiger charge is 2.21. The summed E-state index contributed by atoms with van der Waals surface area (Å²) >= 11 is 0. The number of carbonyl (C=O) groups is 1. The van der Waals surface area contributed by atoms with E-state index in [1.807, 2.05) is 37.3 Å². The van der Waals surface area contributed by atoms with E-state index < -0.39 is 16.0 Å². The molecule has 0 spiro atoms. The molecule has 2 heterocycles. The van der Waals surface area contributed by atoms with Gasteiger partial charge < -0.3 is 10.0 Å². The van der Waals surface area contributed by atoms with Gasteiger partial charge in [0.05, 0.1) is 21.8 Å². The number of aryl methyl sites for hydroxylation is 3. The van der Waals surface area contributed by atoms with Gasteiger partial charge in [-0.25, -0.2) is 18.2 Å². The Morgan fingerprint density at radius 2 is 1.85 bits per heavy atom. The predicted octanol–water partition coefficient (Wildman–Crippen LogP) is 3.66. The average molecular weight is 486 g/mol. The Morgan fingerprint density at radius 1 is 1.18 bits per heavy atom. The van der Waals surface area contributed by atoms with Crippen LogP contribution in [0.25, 0.3) is 0 Å². The summed E-state index contributed by atoms with van der Waals surface area (Å²) in [5.74, 6) is -0.843. The average Bonchev–Trinajstić information content (AvgIpc) is 3.09. The largest absolute Gasteiger partial charge is 0.478 e. The van der Waals surface area contributed by atoms with Gasteiger partial charge in [0.25, 0.3) is 10.0 Å². The summed E-state index contributed by atoms with van der Waals surface area (Å²) in [6.07, 6.45) is 2.71. The molecule has 0 radical (unpaired) electrons. The number of likely N-dealkylation sites (N-methyl/N-ethyl adjacent to an activating group) is 1. The zero-order valence-corrected chi connectivity index (χ0v) is 21.0. The molecule has 10 heteroatoms. The minimum absolute atomic E-state index is 0.0947. The second-order valence-corrected chi connectivity index (χ2v) is 9.82. The molecule has 0 saturated heterocycles. The molecular weight excluding hydrogens is 454 g/mol. The molecule has 34 heavy (non-hydrogen) atoms. The minimum atomic E-state index is -3.94. The molecule has 0 fully saturated rings. The Morgan fingerprint density at radius 3 is 2.41 bits per heavy atom. The molecule has 0 aliphatic rings. The molecule has 0 atom stereocenters. The van der Waals surface area contributed by atoms with Crippen molar-refractivity contribution in [2.75, 3.05) is 23.2 Å². The number of benzene rings is 1. The van der Waals surface area contributed by atoms with E-state index in [-0.39, 0.29) is 16.1 Å². The van der Waals surface area contributed by atoms with E-state index in [2.05, 4.69) is 14.8 Å². The number of sulfonamides is 1. The number of nitrogens with zero attached hydrogens (tertiary/aromatic N) is 4. The Balaban J connectivity index is 1.90. The van der Waals surface area contributed by atoms with Crippen molar-refractivity contribution in [3.05, 3.63) is 64.6 Å². The zero-order chi connectivity index (χ0) is 25.0. The molecule has 9 nitrogen and oxygen atoms in total. The van der Waals surface area contributed by atoms with Crippen LogP contribution in [0.15, 0.2) is 41.4 Å². The van der Waals surface area contributed by atoms with Crippen LogP contribution in [0.3, 0.4) is 0 Å². The second kappa shape index (κ2) is 10.3. The van der Waals surface area contributed by atoms with Crippen LogP contribution in [0.1, 0.15) is 46.7 Å². The maximum absolute atomic E-state index is 13.0. The van der Waals surface area contributed by atoms with Crippen LogP contribution in [-0.4, -0.2) is 47.9 Å². The monoisotopic (exact) mass is 485 g/mol. The predicted molar refractivity (Wildman–Crippen MR) is 132 cm³/mol. The Labute approximate surface area is 200 Å². The number of carboxylic acids is 1. The third-order valence-electron chi connectivity index (χ3n) is 5.89. The lowest BCUT2D eigenvalue weighted by Crippen LogP contribution is -2.25. The van der Waals surface area contributed by atoms with Gasteiger partial charge in [0.2, 0.25) is 0 Å². The molecule has 2 aromatic heterocycles. The molecule has 1 aromatic carbocycles. The summed E-state index contributed by atoms with van der Waals surface area (Å²) in [6.45, 7) is 9.35. The highest BCUT2D eigenvalue weighted by molar-refractivity contribution is 7.92. The first-order valence-corrected chi connectivity index (χ1v) is 12.6. The lowest BCUT2D eigenvalue weighted by molar-refractivity contribution is 0.0696. The number of anilines is 2. The van der Waals surface area contributed by atoms with E-state index in [1.54, 1.807) is 19.2 Å². The van der Waals surface area contributed by atoms with Crippen LogP contribution in [0.2, 0.25) is 0 Å². The van der Waals surface area contributed by atoms with Gasteiger partial charge in [-0.05, 0) is 62.9 Å². The van der Waals surface area contributed by atoms with Crippen molar-refractivity contribution in [2.45, 2.75) is 52.0 Å². The molecule has 0 bridgehead atoms.